The van der Waals surface area contributed by atoms with Crippen LogP contribution >= 0.6 is 15.9 Å². The molecule has 0 fully saturated rings. The fraction of sp³-hybridized carbons (Fsp3) is 0.444. The fourth-order valence-electron chi connectivity index (χ4n) is 0.908. The number of hydrogen-bond acceptors (Lipinski definition) is 4. The first-order chi connectivity index (χ1) is 7.09. The number of carbonyl (C=O) groups excluding carboxylic acids is 1. The van der Waals surface area contributed by atoms with Gasteiger partial charge in [-0.3, -0.25) is 4.79 Å². The van der Waals surface area contributed by atoms with Crippen molar-refractivity contribution in [3.05, 3.63) is 16.9 Å². The highest BCUT2D eigenvalue weighted by atomic mass is 79.9. The van der Waals surface area contributed by atoms with Gasteiger partial charge in [-0.15, -0.1) is 0 Å². The molecule has 1 heterocycles. The zero-order valence-corrected chi connectivity index (χ0v) is 10.3. The number of carbonyl (C=O) groups is 1. The first kappa shape index (κ1) is 11.9. The molecule has 0 saturated carbocycles. The van der Waals surface area contributed by atoms with E-state index in [4.69, 9.17) is 0 Å². The molecule has 1 aromatic rings. The molecule has 0 aliphatic heterocycles. The number of nitrogens with one attached hydrogen (secondary N) is 1. The Kier molecular flexibility index (Phi) is 4.48. The number of aromatic nitrogens is 2. The topological polar surface area (TPSA) is 58.1 Å². The van der Waals surface area contributed by atoms with Gasteiger partial charge in [0.25, 0.3) is 0 Å². The lowest BCUT2D eigenvalue weighted by atomic mass is 10.4. The Balaban J connectivity index is 2.32. The molecule has 0 aliphatic carbocycles. The predicted molar refractivity (Wildman–Crippen MR) is 61.5 cm³/mol. The van der Waals surface area contributed by atoms with Crippen molar-refractivity contribution in [2.75, 3.05) is 26.0 Å². The van der Waals surface area contributed by atoms with Crippen molar-refractivity contribution in [3.63, 3.8) is 0 Å². The lowest BCUT2D eigenvalue weighted by Gasteiger charge is -2.10. The molecule has 5 nitrogen and oxygen atoms in total. The maximum absolute atomic E-state index is 11.2. The zero-order chi connectivity index (χ0) is 11.3. The average molecular weight is 273 g/mol. The van der Waals surface area contributed by atoms with Crippen molar-refractivity contribution < 1.29 is 4.79 Å². The van der Waals surface area contributed by atoms with Crippen molar-refractivity contribution in [3.8, 4) is 0 Å². The van der Waals surface area contributed by atoms with Gasteiger partial charge in [0.1, 0.15) is 0 Å². The number of anilines is 1. The number of amides is 1. The second-order valence-electron chi connectivity index (χ2n) is 3.19. The molecule has 0 aliphatic rings. The zero-order valence-electron chi connectivity index (χ0n) is 8.70. The minimum atomic E-state index is 0.0830. The van der Waals surface area contributed by atoms with Crippen LogP contribution in [0, 0.1) is 0 Å². The summed E-state index contributed by atoms with van der Waals surface area (Å²) in [5, 5.41) is 2.97. The van der Waals surface area contributed by atoms with E-state index >= 15 is 0 Å². The molecule has 0 bridgehead atoms. The summed E-state index contributed by atoms with van der Waals surface area (Å²) in [6, 6.07) is 0. The molecule has 0 aromatic carbocycles. The van der Waals surface area contributed by atoms with E-state index in [-0.39, 0.29) is 5.91 Å². The Morgan fingerprint density at radius 2 is 2.07 bits per heavy atom. The van der Waals surface area contributed by atoms with Crippen LogP contribution in [0.4, 0.5) is 5.95 Å². The molecule has 0 radical (unpaired) electrons. The lowest BCUT2D eigenvalue weighted by Crippen LogP contribution is -2.24. The third kappa shape index (κ3) is 4.24. The van der Waals surface area contributed by atoms with Gasteiger partial charge in [-0.25, -0.2) is 9.97 Å². The standard InChI is InChI=1S/C9H13BrN4O/c1-14(2)8(15)3-4-11-9-12-5-7(10)6-13-9/h5-6H,3-4H2,1-2H3,(H,11,12,13). The summed E-state index contributed by atoms with van der Waals surface area (Å²) < 4.78 is 0.831. The molecular weight excluding hydrogens is 260 g/mol. The molecule has 1 aromatic heterocycles. The largest absolute Gasteiger partial charge is 0.354 e. The normalized spacial score (nSPS) is 9.80. The molecule has 0 atom stereocenters. The van der Waals surface area contributed by atoms with Crippen LogP contribution in [0.2, 0.25) is 0 Å². The highest BCUT2D eigenvalue weighted by molar-refractivity contribution is 9.10. The van der Waals surface area contributed by atoms with Gasteiger partial charge in [0.05, 0.1) is 4.47 Å². The summed E-state index contributed by atoms with van der Waals surface area (Å²) in [6.07, 6.45) is 3.75. The van der Waals surface area contributed by atoms with Gasteiger partial charge in [-0.05, 0) is 15.9 Å². The maximum Gasteiger partial charge on any atom is 0.223 e. The van der Waals surface area contributed by atoms with E-state index in [9.17, 15) is 4.79 Å². The third-order valence-corrected chi connectivity index (χ3v) is 2.15. The van der Waals surface area contributed by atoms with E-state index in [2.05, 4.69) is 31.2 Å². The van der Waals surface area contributed by atoms with Crippen LogP contribution in [0.5, 0.6) is 0 Å². The van der Waals surface area contributed by atoms with Crippen LogP contribution in [0.15, 0.2) is 16.9 Å². The first-order valence-corrected chi connectivity index (χ1v) is 5.30. The van der Waals surface area contributed by atoms with Crippen molar-refractivity contribution in [1.82, 2.24) is 14.9 Å². The Bertz CT molecular complexity index is 325. The minimum absolute atomic E-state index is 0.0830. The fourth-order valence-corrected chi connectivity index (χ4v) is 1.11. The van der Waals surface area contributed by atoms with Crippen LogP contribution in [0.1, 0.15) is 6.42 Å². The Morgan fingerprint density at radius 3 is 2.60 bits per heavy atom. The summed E-state index contributed by atoms with van der Waals surface area (Å²) in [5.41, 5.74) is 0. The molecule has 15 heavy (non-hydrogen) atoms. The number of nitrogens with zero attached hydrogens (tertiary/aromatic N) is 3. The monoisotopic (exact) mass is 272 g/mol. The number of rotatable bonds is 4. The quantitative estimate of drug-likeness (QED) is 0.893. The first-order valence-electron chi connectivity index (χ1n) is 4.51. The van der Waals surface area contributed by atoms with Gasteiger partial charge in [0.15, 0.2) is 0 Å². The summed E-state index contributed by atoms with van der Waals surface area (Å²) in [5.74, 6) is 0.615. The molecular formula is C9H13BrN4O. The van der Waals surface area contributed by atoms with Crippen LogP contribution < -0.4 is 5.32 Å². The van der Waals surface area contributed by atoms with E-state index in [1.54, 1.807) is 31.4 Å². The van der Waals surface area contributed by atoms with Gasteiger partial charge in [0.2, 0.25) is 11.9 Å². The highest BCUT2D eigenvalue weighted by Gasteiger charge is 2.03. The molecule has 0 spiro atoms. The van der Waals surface area contributed by atoms with Crippen molar-refractivity contribution in [2.24, 2.45) is 0 Å². The van der Waals surface area contributed by atoms with E-state index < -0.39 is 0 Å². The van der Waals surface area contributed by atoms with Gasteiger partial charge >= 0.3 is 0 Å². The Morgan fingerprint density at radius 1 is 1.47 bits per heavy atom. The molecule has 0 saturated heterocycles. The Hall–Kier alpha value is -1.17. The average Bonchev–Trinajstić information content (AvgIpc) is 2.20. The van der Waals surface area contributed by atoms with Crippen LogP contribution in [0.25, 0.3) is 0 Å². The molecule has 82 valence electrons. The lowest BCUT2D eigenvalue weighted by molar-refractivity contribution is -0.128. The Labute approximate surface area is 97.0 Å². The van der Waals surface area contributed by atoms with Gasteiger partial charge in [-0.1, -0.05) is 0 Å². The van der Waals surface area contributed by atoms with E-state index in [0.717, 1.165) is 4.47 Å². The number of hydrogen-bond donors (Lipinski definition) is 1. The summed E-state index contributed by atoms with van der Waals surface area (Å²) in [7, 11) is 3.47. The summed E-state index contributed by atoms with van der Waals surface area (Å²) in [4.78, 5) is 20.8. The van der Waals surface area contributed by atoms with E-state index in [1.165, 1.54) is 0 Å². The minimum Gasteiger partial charge on any atom is -0.354 e. The van der Waals surface area contributed by atoms with Gasteiger partial charge < -0.3 is 10.2 Å². The number of halogens is 1. The molecule has 1 amide bonds. The van der Waals surface area contributed by atoms with Crippen molar-refractivity contribution >= 4 is 27.8 Å². The van der Waals surface area contributed by atoms with Crippen LogP contribution in [-0.2, 0) is 4.79 Å². The highest BCUT2D eigenvalue weighted by Crippen LogP contribution is 2.06. The van der Waals surface area contributed by atoms with Crippen LogP contribution in [0.3, 0.4) is 0 Å². The third-order valence-electron chi connectivity index (χ3n) is 1.74. The molecule has 6 heteroatoms. The molecule has 1 N–H and O–H groups in total. The van der Waals surface area contributed by atoms with Gasteiger partial charge in [-0.2, -0.15) is 0 Å². The van der Waals surface area contributed by atoms with Crippen LogP contribution in [-0.4, -0.2) is 41.4 Å². The predicted octanol–water partition coefficient (Wildman–Crippen LogP) is 1.13. The summed E-state index contributed by atoms with van der Waals surface area (Å²) in [6.45, 7) is 0.540. The maximum atomic E-state index is 11.2. The van der Waals surface area contributed by atoms with Crippen molar-refractivity contribution in [1.29, 1.82) is 0 Å². The smallest absolute Gasteiger partial charge is 0.223 e. The second-order valence-corrected chi connectivity index (χ2v) is 4.11. The second kappa shape index (κ2) is 5.65. The van der Waals surface area contributed by atoms with E-state index in [1.807, 2.05) is 0 Å². The summed E-state index contributed by atoms with van der Waals surface area (Å²) >= 11 is 3.24. The molecule has 0 unspecified atom stereocenters. The van der Waals surface area contributed by atoms with Gasteiger partial charge in [0, 0.05) is 39.5 Å². The molecule has 1 rings (SSSR count). The van der Waals surface area contributed by atoms with Crippen molar-refractivity contribution in [2.45, 2.75) is 6.42 Å². The van der Waals surface area contributed by atoms with E-state index in [0.29, 0.717) is 18.9 Å². The SMILES string of the molecule is CN(C)C(=O)CCNc1ncc(Br)cn1.